The van der Waals surface area contributed by atoms with Crippen molar-refractivity contribution in [1.82, 2.24) is 0 Å². The maximum absolute atomic E-state index is 11.0. The second-order valence-electron chi connectivity index (χ2n) is 6.41. The molecule has 1 unspecified atom stereocenters. The van der Waals surface area contributed by atoms with E-state index in [4.69, 9.17) is 0 Å². The van der Waals surface area contributed by atoms with E-state index in [-0.39, 0.29) is 5.41 Å². The van der Waals surface area contributed by atoms with Gasteiger partial charge in [0.1, 0.15) is 6.29 Å². The summed E-state index contributed by atoms with van der Waals surface area (Å²) in [5.41, 5.74) is 1.48. The van der Waals surface area contributed by atoms with Gasteiger partial charge in [0.15, 0.2) is 0 Å². The van der Waals surface area contributed by atoms with E-state index in [1.807, 2.05) is 13.8 Å². The maximum atomic E-state index is 11.0. The van der Waals surface area contributed by atoms with Gasteiger partial charge in [0, 0.05) is 5.41 Å². The molecule has 0 aromatic carbocycles. The molecular weight excluding hydrogens is 184 g/mol. The molecule has 1 aliphatic carbocycles. The molecule has 0 amide bonds. The van der Waals surface area contributed by atoms with E-state index in [2.05, 4.69) is 26.8 Å². The Hall–Kier alpha value is -0.590. The molecule has 1 aliphatic rings. The predicted octanol–water partition coefficient (Wildman–Crippen LogP) is 3.98. The normalized spacial score (nSPS) is 23.5. The molecule has 0 N–H and O–H groups in total. The fourth-order valence-electron chi connectivity index (χ4n) is 2.28. The molecular formula is C14H24O. The first-order valence-electron chi connectivity index (χ1n) is 5.93. The standard InChI is InChI=1S/C14H24O/c1-13(2,3)11-6-8-12(9-7-11)14(4,5)10-15/h8,10-11H,6-7,9H2,1-5H3. The van der Waals surface area contributed by atoms with Crippen LogP contribution in [-0.4, -0.2) is 6.29 Å². The maximum Gasteiger partial charge on any atom is 0.129 e. The van der Waals surface area contributed by atoms with Gasteiger partial charge in [-0.1, -0.05) is 32.4 Å². The van der Waals surface area contributed by atoms with Gasteiger partial charge in [-0.2, -0.15) is 0 Å². The highest BCUT2D eigenvalue weighted by Crippen LogP contribution is 2.41. The largest absolute Gasteiger partial charge is 0.302 e. The molecule has 15 heavy (non-hydrogen) atoms. The van der Waals surface area contributed by atoms with Crippen LogP contribution in [0.25, 0.3) is 0 Å². The van der Waals surface area contributed by atoms with Crippen molar-refractivity contribution in [1.29, 1.82) is 0 Å². The van der Waals surface area contributed by atoms with Crippen molar-refractivity contribution in [2.75, 3.05) is 0 Å². The van der Waals surface area contributed by atoms with Crippen LogP contribution in [0.3, 0.4) is 0 Å². The highest BCUT2D eigenvalue weighted by atomic mass is 16.1. The summed E-state index contributed by atoms with van der Waals surface area (Å²) < 4.78 is 0. The molecule has 0 fully saturated rings. The lowest BCUT2D eigenvalue weighted by Gasteiger charge is -2.35. The Labute approximate surface area is 93.9 Å². The van der Waals surface area contributed by atoms with E-state index < -0.39 is 0 Å². The topological polar surface area (TPSA) is 17.1 Å². The second-order valence-corrected chi connectivity index (χ2v) is 6.41. The SMILES string of the molecule is CC(C)(C=O)C1=CCC(C(C)(C)C)CC1. The minimum absolute atomic E-state index is 0.247. The molecule has 0 spiro atoms. The molecule has 0 saturated carbocycles. The number of aldehydes is 1. The summed E-state index contributed by atoms with van der Waals surface area (Å²) >= 11 is 0. The highest BCUT2D eigenvalue weighted by Gasteiger charge is 2.30. The summed E-state index contributed by atoms with van der Waals surface area (Å²) in [5.74, 6) is 0.767. The lowest BCUT2D eigenvalue weighted by atomic mass is 9.69. The van der Waals surface area contributed by atoms with Gasteiger partial charge in [0.2, 0.25) is 0 Å². The Morgan fingerprint density at radius 2 is 1.87 bits per heavy atom. The molecule has 1 nitrogen and oxygen atoms in total. The minimum atomic E-state index is -0.247. The van der Waals surface area contributed by atoms with Crippen molar-refractivity contribution in [3.8, 4) is 0 Å². The van der Waals surface area contributed by atoms with Crippen LogP contribution < -0.4 is 0 Å². The number of carbonyl (C=O) groups is 1. The molecule has 0 aromatic heterocycles. The Morgan fingerprint density at radius 1 is 1.27 bits per heavy atom. The van der Waals surface area contributed by atoms with Gasteiger partial charge < -0.3 is 4.79 Å². The van der Waals surface area contributed by atoms with E-state index in [1.165, 1.54) is 12.0 Å². The van der Waals surface area contributed by atoms with Crippen LogP contribution in [-0.2, 0) is 4.79 Å². The van der Waals surface area contributed by atoms with Crippen LogP contribution >= 0.6 is 0 Å². The van der Waals surface area contributed by atoms with Crippen molar-refractivity contribution in [2.24, 2.45) is 16.7 Å². The number of rotatable bonds is 2. The van der Waals surface area contributed by atoms with Crippen LogP contribution in [0.2, 0.25) is 0 Å². The third kappa shape index (κ3) is 2.93. The van der Waals surface area contributed by atoms with Gasteiger partial charge in [0.05, 0.1) is 0 Å². The molecule has 1 heteroatoms. The lowest BCUT2D eigenvalue weighted by molar-refractivity contribution is -0.113. The van der Waals surface area contributed by atoms with Crippen molar-refractivity contribution >= 4 is 6.29 Å². The number of hydrogen-bond acceptors (Lipinski definition) is 1. The van der Waals surface area contributed by atoms with Gasteiger partial charge in [-0.25, -0.2) is 0 Å². The van der Waals surface area contributed by atoms with Gasteiger partial charge >= 0.3 is 0 Å². The molecule has 0 heterocycles. The summed E-state index contributed by atoms with van der Waals surface area (Å²) in [4.78, 5) is 11.0. The van der Waals surface area contributed by atoms with Gasteiger partial charge in [-0.05, 0) is 44.4 Å². The van der Waals surface area contributed by atoms with Crippen LogP contribution in [0.5, 0.6) is 0 Å². The van der Waals surface area contributed by atoms with Crippen LogP contribution in [0.15, 0.2) is 11.6 Å². The second kappa shape index (κ2) is 4.11. The molecule has 0 radical (unpaired) electrons. The number of hydrogen-bond donors (Lipinski definition) is 0. The van der Waals surface area contributed by atoms with Gasteiger partial charge in [-0.15, -0.1) is 0 Å². The number of carbonyl (C=O) groups excluding carboxylic acids is 1. The van der Waals surface area contributed by atoms with Crippen LogP contribution in [0.1, 0.15) is 53.9 Å². The summed E-state index contributed by atoms with van der Waals surface area (Å²) in [7, 11) is 0. The van der Waals surface area contributed by atoms with Gasteiger partial charge in [0.25, 0.3) is 0 Å². The summed E-state index contributed by atoms with van der Waals surface area (Å²) in [6.45, 7) is 11.0. The van der Waals surface area contributed by atoms with E-state index in [0.29, 0.717) is 5.41 Å². The molecule has 0 saturated heterocycles. The van der Waals surface area contributed by atoms with E-state index in [9.17, 15) is 4.79 Å². The zero-order chi connectivity index (χ0) is 11.7. The first-order chi connectivity index (χ1) is 6.77. The first-order valence-corrected chi connectivity index (χ1v) is 5.93. The highest BCUT2D eigenvalue weighted by molar-refractivity contribution is 5.63. The minimum Gasteiger partial charge on any atom is -0.302 e. The molecule has 86 valence electrons. The van der Waals surface area contributed by atoms with E-state index >= 15 is 0 Å². The van der Waals surface area contributed by atoms with Crippen molar-refractivity contribution in [3.05, 3.63) is 11.6 Å². The Bertz CT molecular complexity index is 266. The third-order valence-corrected chi connectivity index (χ3v) is 3.76. The van der Waals surface area contributed by atoms with Crippen LogP contribution in [0.4, 0.5) is 0 Å². The molecule has 1 atom stereocenters. The van der Waals surface area contributed by atoms with Crippen molar-refractivity contribution < 1.29 is 4.79 Å². The summed E-state index contributed by atoms with van der Waals surface area (Å²) in [6.07, 6.45) is 6.83. The smallest absolute Gasteiger partial charge is 0.129 e. The molecule has 1 rings (SSSR count). The average molecular weight is 208 g/mol. The molecule has 0 aromatic rings. The third-order valence-electron chi connectivity index (χ3n) is 3.76. The van der Waals surface area contributed by atoms with Crippen LogP contribution in [0, 0.1) is 16.7 Å². The quantitative estimate of drug-likeness (QED) is 0.495. The lowest BCUT2D eigenvalue weighted by Crippen LogP contribution is -2.26. The van der Waals surface area contributed by atoms with E-state index in [0.717, 1.165) is 25.0 Å². The Kier molecular flexibility index (Phi) is 3.42. The molecule has 0 aliphatic heterocycles. The van der Waals surface area contributed by atoms with E-state index in [1.54, 1.807) is 0 Å². The zero-order valence-corrected chi connectivity index (χ0v) is 10.8. The fraction of sp³-hybridized carbons (Fsp3) is 0.786. The first kappa shape index (κ1) is 12.5. The summed E-state index contributed by atoms with van der Waals surface area (Å²) in [6, 6.07) is 0. The monoisotopic (exact) mass is 208 g/mol. The predicted molar refractivity (Wildman–Crippen MR) is 64.7 cm³/mol. The summed E-state index contributed by atoms with van der Waals surface area (Å²) in [5, 5.41) is 0. The number of allylic oxidation sites excluding steroid dienone is 2. The molecule has 0 bridgehead atoms. The van der Waals surface area contributed by atoms with Crippen molar-refractivity contribution in [2.45, 2.75) is 53.9 Å². The van der Waals surface area contributed by atoms with Crippen molar-refractivity contribution in [3.63, 3.8) is 0 Å². The van der Waals surface area contributed by atoms with Gasteiger partial charge in [-0.3, -0.25) is 0 Å². The zero-order valence-electron chi connectivity index (χ0n) is 10.8. The Balaban J connectivity index is 2.72. The Morgan fingerprint density at radius 3 is 2.20 bits per heavy atom. The average Bonchev–Trinajstić information content (AvgIpc) is 2.17. The fourth-order valence-corrected chi connectivity index (χ4v) is 2.28.